The van der Waals surface area contributed by atoms with Gasteiger partial charge in [-0.2, -0.15) is 0 Å². The molecule has 0 aliphatic carbocycles. The van der Waals surface area contributed by atoms with Crippen LogP contribution in [0.1, 0.15) is 65.4 Å². The summed E-state index contributed by atoms with van der Waals surface area (Å²) in [6, 6.07) is 4.61. The number of carbonyl (C=O) groups excluding carboxylic acids is 2. The Hall–Kier alpha value is -2.54. The largest absolute Gasteiger partial charge is 0.444 e. The van der Waals surface area contributed by atoms with Crippen molar-refractivity contribution in [1.29, 1.82) is 0 Å². The number of nitrogens with one attached hydrogen (secondary N) is 1. The van der Waals surface area contributed by atoms with E-state index in [0.29, 0.717) is 25.0 Å². The van der Waals surface area contributed by atoms with Gasteiger partial charge in [-0.1, -0.05) is 31.4 Å². The van der Waals surface area contributed by atoms with E-state index in [-0.39, 0.29) is 17.2 Å². The van der Waals surface area contributed by atoms with E-state index >= 15 is 0 Å². The lowest BCUT2D eigenvalue weighted by Gasteiger charge is -2.19. The van der Waals surface area contributed by atoms with Crippen LogP contribution in [-0.2, 0) is 16.0 Å². The fourth-order valence-electron chi connectivity index (χ4n) is 3.03. The van der Waals surface area contributed by atoms with Crippen molar-refractivity contribution < 1.29 is 23.5 Å². The van der Waals surface area contributed by atoms with Crippen LogP contribution in [0, 0.1) is 0 Å². The number of carbonyl (C=O) groups is 2. The second kappa shape index (κ2) is 11.2. The first-order chi connectivity index (χ1) is 14.6. The zero-order valence-electron chi connectivity index (χ0n) is 18.5. The molecule has 1 aromatic heterocycles. The van der Waals surface area contributed by atoms with E-state index in [2.05, 4.69) is 5.32 Å². The fourth-order valence-corrected chi connectivity index (χ4v) is 3.23. The van der Waals surface area contributed by atoms with E-state index in [0.717, 1.165) is 30.2 Å². The highest BCUT2D eigenvalue weighted by Crippen LogP contribution is 2.32. The monoisotopic (exact) mass is 451 g/mol. The smallest absolute Gasteiger partial charge is 0.407 e. The van der Waals surface area contributed by atoms with Crippen LogP contribution < -0.4 is 15.7 Å². The highest BCUT2D eigenvalue weighted by atomic mass is 35.5. The third kappa shape index (κ3) is 8.25. The Kier molecular flexibility index (Phi) is 8.92. The number of halogens is 1. The molecule has 0 aliphatic rings. The number of hydrogen-bond acceptors (Lipinski definition) is 6. The summed E-state index contributed by atoms with van der Waals surface area (Å²) in [4.78, 5) is 35.5. The van der Waals surface area contributed by atoms with E-state index in [4.69, 9.17) is 25.5 Å². The molecule has 0 fully saturated rings. The maximum atomic E-state index is 12.2. The summed E-state index contributed by atoms with van der Waals surface area (Å²) in [6.45, 7) is 7.90. The van der Waals surface area contributed by atoms with Gasteiger partial charge in [0.15, 0.2) is 5.75 Å². The van der Waals surface area contributed by atoms with Gasteiger partial charge in [0, 0.05) is 30.5 Å². The molecule has 1 heterocycles. The van der Waals surface area contributed by atoms with Crippen molar-refractivity contribution in [1.82, 2.24) is 5.32 Å². The molecule has 0 spiro atoms. The molecule has 1 N–H and O–H groups in total. The number of alkyl carbamates (subject to hydrolysis) is 1. The topological polar surface area (TPSA) is 94.8 Å². The standard InChI is InChI=1S/C23H30ClNO6/c1-5-9-15-12-21(27)29-18-14-19(17(24)13-16(15)18)30-20(26)10-7-6-8-11-25-22(28)31-23(2,3)4/h12-14H,5-11H2,1-4H3,(H,25,28). The SMILES string of the molecule is CCCc1cc(=O)oc2cc(OC(=O)CCCCCNC(=O)OC(C)(C)C)c(Cl)cc12. The molecule has 2 rings (SSSR count). The van der Waals surface area contributed by atoms with Gasteiger partial charge in [0.1, 0.15) is 11.2 Å². The maximum absolute atomic E-state index is 12.2. The molecule has 8 heteroatoms. The van der Waals surface area contributed by atoms with Gasteiger partial charge in [-0.25, -0.2) is 9.59 Å². The Bertz CT molecular complexity index is 976. The number of ether oxygens (including phenoxy) is 2. The predicted octanol–water partition coefficient (Wildman–Crippen LogP) is 5.39. The second-order valence-electron chi connectivity index (χ2n) is 8.33. The normalized spacial score (nSPS) is 11.4. The minimum absolute atomic E-state index is 0.169. The summed E-state index contributed by atoms with van der Waals surface area (Å²) >= 11 is 6.29. The summed E-state index contributed by atoms with van der Waals surface area (Å²) in [5.74, 6) is -0.254. The average Bonchev–Trinajstić information content (AvgIpc) is 2.64. The minimum Gasteiger partial charge on any atom is -0.444 e. The number of amides is 1. The van der Waals surface area contributed by atoms with Crippen LogP contribution in [0.15, 0.2) is 27.4 Å². The van der Waals surface area contributed by atoms with Gasteiger partial charge in [0.05, 0.1) is 5.02 Å². The number of unbranched alkanes of at least 4 members (excludes halogenated alkanes) is 2. The van der Waals surface area contributed by atoms with Crippen molar-refractivity contribution in [3.05, 3.63) is 39.2 Å². The van der Waals surface area contributed by atoms with Gasteiger partial charge < -0.3 is 19.2 Å². The first-order valence-electron chi connectivity index (χ1n) is 10.5. The summed E-state index contributed by atoms with van der Waals surface area (Å²) in [7, 11) is 0. The molecular weight excluding hydrogens is 422 g/mol. The van der Waals surface area contributed by atoms with Gasteiger partial charge >= 0.3 is 17.7 Å². The number of rotatable bonds is 9. The van der Waals surface area contributed by atoms with Crippen LogP contribution in [0.25, 0.3) is 11.0 Å². The Morgan fingerprint density at radius 3 is 2.55 bits per heavy atom. The van der Waals surface area contributed by atoms with Gasteiger partial charge in [-0.3, -0.25) is 4.79 Å². The molecule has 0 saturated heterocycles. The molecule has 0 unspecified atom stereocenters. The van der Waals surface area contributed by atoms with Gasteiger partial charge in [-0.15, -0.1) is 0 Å². The van der Waals surface area contributed by atoms with E-state index in [9.17, 15) is 14.4 Å². The van der Waals surface area contributed by atoms with E-state index in [1.807, 2.05) is 6.92 Å². The lowest BCUT2D eigenvalue weighted by molar-refractivity contribution is -0.134. The third-order valence-electron chi connectivity index (χ3n) is 4.35. The van der Waals surface area contributed by atoms with Crippen molar-refractivity contribution in [2.75, 3.05) is 6.54 Å². The molecule has 7 nitrogen and oxygen atoms in total. The van der Waals surface area contributed by atoms with Crippen LogP contribution >= 0.6 is 11.6 Å². The van der Waals surface area contributed by atoms with E-state index in [1.54, 1.807) is 26.8 Å². The average molecular weight is 452 g/mol. The van der Waals surface area contributed by atoms with Crippen molar-refractivity contribution in [3.8, 4) is 5.75 Å². The predicted molar refractivity (Wildman–Crippen MR) is 120 cm³/mol. The molecule has 2 aromatic rings. The van der Waals surface area contributed by atoms with E-state index < -0.39 is 23.3 Å². The van der Waals surface area contributed by atoms with Crippen molar-refractivity contribution in [2.24, 2.45) is 0 Å². The van der Waals surface area contributed by atoms with Crippen LogP contribution in [-0.4, -0.2) is 24.2 Å². The van der Waals surface area contributed by atoms with Crippen LogP contribution in [0.5, 0.6) is 5.75 Å². The van der Waals surface area contributed by atoms with Gasteiger partial charge in [-0.05, 0) is 51.7 Å². The molecule has 0 aliphatic heterocycles. The first kappa shape index (κ1) is 24.7. The molecule has 0 radical (unpaired) electrons. The van der Waals surface area contributed by atoms with Crippen molar-refractivity contribution in [3.63, 3.8) is 0 Å². The third-order valence-corrected chi connectivity index (χ3v) is 4.65. The number of esters is 1. The second-order valence-corrected chi connectivity index (χ2v) is 8.74. The lowest BCUT2D eigenvalue weighted by atomic mass is 10.1. The Morgan fingerprint density at radius 2 is 1.87 bits per heavy atom. The highest BCUT2D eigenvalue weighted by Gasteiger charge is 2.16. The molecule has 1 amide bonds. The molecule has 31 heavy (non-hydrogen) atoms. The lowest BCUT2D eigenvalue weighted by Crippen LogP contribution is -2.33. The molecule has 0 atom stereocenters. The van der Waals surface area contributed by atoms with Crippen LogP contribution in [0.4, 0.5) is 4.79 Å². The van der Waals surface area contributed by atoms with Gasteiger partial charge in [0.2, 0.25) is 0 Å². The molecule has 0 saturated carbocycles. The number of benzene rings is 1. The Labute approximate surface area is 187 Å². The Balaban J connectivity index is 1.84. The first-order valence-corrected chi connectivity index (χ1v) is 10.9. The maximum Gasteiger partial charge on any atom is 0.407 e. The van der Waals surface area contributed by atoms with Crippen molar-refractivity contribution >= 4 is 34.6 Å². The number of fused-ring (bicyclic) bond motifs is 1. The van der Waals surface area contributed by atoms with Crippen LogP contribution in [0.3, 0.4) is 0 Å². The summed E-state index contributed by atoms with van der Waals surface area (Å²) in [5.41, 5.74) is 0.221. The summed E-state index contributed by atoms with van der Waals surface area (Å²) < 4.78 is 15.8. The molecule has 1 aromatic carbocycles. The number of aryl methyl sites for hydroxylation is 1. The van der Waals surface area contributed by atoms with Crippen molar-refractivity contribution in [2.45, 2.75) is 71.8 Å². The van der Waals surface area contributed by atoms with Gasteiger partial charge in [0.25, 0.3) is 0 Å². The summed E-state index contributed by atoms with van der Waals surface area (Å²) in [6.07, 6.45) is 3.42. The minimum atomic E-state index is -0.530. The molecular formula is C23H30ClNO6. The summed E-state index contributed by atoms with van der Waals surface area (Å²) in [5, 5.41) is 3.70. The quantitative estimate of drug-likeness (QED) is 0.238. The molecule has 170 valence electrons. The zero-order valence-corrected chi connectivity index (χ0v) is 19.3. The zero-order chi connectivity index (χ0) is 23.0. The molecule has 0 bridgehead atoms. The number of hydrogen-bond donors (Lipinski definition) is 1. The fraction of sp³-hybridized carbons (Fsp3) is 0.522. The van der Waals surface area contributed by atoms with Crippen LogP contribution in [0.2, 0.25) is 5.02 Å². The highest BCUT2D eigenvalue weighted by molar-refractivity contribution is 6.33. The Morgan fingerprint density at radius 1 is 1.13 bits per heavy atom. The van der Waals surface area contributed by atoms with E-state index in [1.165, 1.54) is 12.1 Å².